The van der Waals surface area contributed by atoms with Crippen LogP contribution in [0.25, 0.3) is 0 Å². The van der Waals surface area contributed by atoms with Crippen LogP contribution in [0.4, 0.5) is 5.69 Å². The average molecular weight is 226 g/mol. The third-order valence-corrected chi connectivity index (χ3v) is 2.40. The molecule has 68 valence electrons. The summed E-state index contributed by atoms with van der Waals surface area (Å²) in [7, 11) is -1.80. The van der Waals surface area contributed by atoms with Crippen LogP contribution < -0.4 is 61.8 Å². The topological polar surface area (TPSA) is 72.2 Å². The van der Waals surface area contributed by atoms with Gasteiger partial charge in [-0.15, -0.1) is 0 Å². The van der Waals surface area contributed by atoms with Crippen LogP contribution in [0.5, 0.6) is 0 Å². The van der Waals surface area contributed by atoms with Gasteiger partial charge in [0.2, 0.25) is 10.0 Å². The van der Waals surface area contributed by atoms with Gasteiger partial charge in [-0.25, -0.2) is 13.6 Å². The normalized spacial score (nSPS) is 10.3. The van der Waals surface area contributed by atoms with E-state index in [0.29, 0.717) is 0 Å². The fourth-order valence-corrected chi connectivity index (χ4v) is 1.33. The van der Waals surface area contributed by atoms with Gasteiger partial charge < -0.3 is 6.74 Å². The summed E-state index contributed by atoms with van der Waals surface area (Å²) < 4.78 is 21.6. The summed E-state index contributed by atoms with van der Waals surface area (Å²) >= 11 is 0. The molecule has 0 atom stereocenters. The van der Waals surface area contributed by atoms with E-state index in [2.05, 4.69) is 5.32 Å². The molecule has 0 saturated heterocycles. The largest absolute Gasteiger partial charge is 1.00 e. The number of nitrogens with one attached hydrogen (secondary N) is 1. The molecule has 1 aromatic rings. The second-order valence-electron chi connectivity index (χ2n) is 2.32. The van der Waals surface area contributed by atoms with Crippen LogP contribution >= 0.6 is 0 Å². The third kappa shape index (κ3) is 4.07. The van der Waals surface area contributed by atoms with E-state index in [9.17, 15) is 8.42 Å². The number of hydrogen-bond acceptors (Lipinski definition) is 3. The van der Waals surface area contributed by atoms with Crippen LogP contribution in [0, 0.1) is 0 Å². The second-order valence-corrected chi connectivity index (χ2v) is 3.88. The Labute approximate surface area is 122 Å². The van der Waals surface area contributed by atoms with E-state index in [1.54, 1.807) is 19.2 Å². The minimum atomic E-state index is -3.56. The van der Waals surface area contributed by atoms with Crippen molar-refractivity contribution in [2.24, 2.45) is 5.14 Å². The third-order valence-electron chi connectivity index (χ3n) is 1.47. The molecule has 0 saturated carbocycles. The van der Waals surface area contributed by atoms with E-state index in [-0.39, 0.29) is 57.7 Å². The van der Waals surface area contributed by atoms with Gasteiger partial charge in [-0.3, -0.25) is 0 Å². The molecule has 1 aromatic carbocycles. The molecular formula is C7H11KN2O2S. The second kappa shape index (κ2) is 5.45. The summed E-state index contributed by atoms with van der Waals surface area (Å²) in [5.74, 6) is 0. The van der Waals surface area contributed by atoms with Crippen LogP contribution in [-0.2, 0) is 10.0 Å². The monoisotopic (exact) mass is 226 g/mol. The summed E-state index contributed by atoms with van der Waals surface area (Å²) in [5.41, 5.74) is 0.849. The maximum atomic E-state index is 10.8. The Morgan fingerprint density at radius 2 is 1.77 bits per heavy atom. The molecule has 0 amide bonds. The molecule has 1 rings (SSSR count). The van der Waals surface area contributed by atoms with Gasteiger partial charge in [0.1, 0.15) is 0 Å². The van der Waals surface area contributed by atoms with Gasteiger partial charge in [-0.1, -0.05) is 0 Å². The molecule has 4 nitrogen and oxygen atoms in total. The van der Waals surface area contributed by atoms with Gasteiger partial charge in [0, 0.05) is 12.7 Å². The van der Waals surface area contributed by atoms with E-state index in [1.807, 2.05) is 0 Å². The van der Waals surface area contributed by atoms with Crippen LogP contribution in [0.3, 0.4) is 0 Å². The molecule has 3 N–H and O–H groups in total. The quantitative estimate of drug-likeness (QED) is 0.547. The van der Waals surface area contributed by atoms with E-state index < -0.39 is 10.0 Å². The SMILES string of the molecule is CNc1ccc(S(N)(=O)=O)cc1.[H-].[K+]. The molecule has 0 bridgehead atoms. The van der Waals surface area contributed by atoms with Gasteiger partial charge in [0.25, 0.3) is 0 Å². The number of rotatable bonds is 2. The first-order chi connectivity index (χ1) is 5.54. The minimum Gasteiger partial charge on any atom is -1.00 e. The molecule has 0 radical (unpaired) electrons. The molecule has 6 heteroatoms. The Morgan fingerprint density at radius 3 is 2.08 bits per heavy atom. The molecule has 13 heavy (non-hydrogen) atoms. The van der Waals surface area contributed by atoms with Gasteiger partial charge in [0.15, 0.2) is 0 Å². The number of anilines is 1. The zero-order valence-corrected chi connectivity index (χ0v) is 11.6. The molecule has 0 aliphatic carbocycles. The molecule has 0 heterocycles. The predicted molar refractivity (Wildman–Crippen MR) is 48.5 cm³/mol. The number of nitrogens with two attached hydrogens (primary N) is 1. The molecule has 0 aliphatic rings. The average Bonchev–Trinajstić information content (AvgIpc) is 2.03. The Morgan fingerprint density at radius 1 is 1.31 bits per heavy atom. The van der Waals surface area contributed by atoms with Crippen LogP contribution in [0.1, 0.15) is 1.43 Å². The molecule has 0 unspecified atom stereocenters. The van der Waals surface area contributed by atoms with Crippen molar-refractivity contribution < 1.29 is 61.2 Å². The van der Waals surface area contributed by atoms with Crippen molar-refractivity contribution in [2.75, 3.05) is 12.4 Å². The van der Waals surface area contributed by atoms with Crippen molar-refractivity contribution >= 4 is 15.7 Å². The Kier molecular flexibility index (Phi) is 5.69. The van der Waals surface area contributed by atoms with Crippen LogP contribution in [0.2, 0.25) is 0 Å². The Bertz CT molecular complexity index is 366. The van der Waals surface area contributed by atoms with E-state index in [4.69, 9.17) is 5.14 Å². The predicted octanol–water partition coefficient (Wildman–Crippen LogP) is -2.51. The van der Waals surface area contributed by atoms with Crippen molar-refractivity contribution in [3.8, 4) is 0 Å². The van der Waals surface area contributed by atoms with Crippen molar-refractivity contribution in [1.29, 1.82) is 0 Å². The summed E-state index contributed by atoms with van der Waals surface area (Å²) in [6.07, 6.45) is 0. The fraction of sp³-hybridized carbons (Fsp3) is 0.143. The molecule has 0 fully saturated rings. The Balaban J connectivity index is 0. The molecular weight excluding hydrogens is 215 g/mol. The zero-order valence-electron chi connectivity index (χ0n) is 8.61. The first-order valence-electron chi connectivity index (χ1n) is 3.34. The molecule has 0 spiro atoms. The number of hydrogen-bond donors (Lipinski definition) is 2. The van der Waals surface area contributed by atoms with Gasteiger partial charge in [-0.2, -0.15) is 0 Å². The van der Waals surface area contributed by atoms with Crippen molar-refractivity contribution in [1.82, 2.24) is 0 Å². The van der Waals surface area contributed by atoms with Crippen LogP contribution in [0.15, 0.2) is 29.2 Å². The van der Waals surface area contributed by atoms with E-state index in [1.165, 1.54) is 12.1 Å². The molecule has 0 aliphatic heterocycles. The van der Waals surface area contributed by atoms with Crippen molar-refractivity contribution in [3.63, 3.8) is 0 Å². The summed E-state index contributed by atoms with van der Waals surface area (Å²) in [4.78, 5) is 0.126. The number of primary sulfonamides is 1. The van der Waals surface area contributed by atoms with E-state index in [0.717, 1.165) is 5.69 Å². The van der Waals surface area contributed by atoms with Gasteiger partial charge in [-0.05, 0) is 24.3 Å². The first-order valence-corrected chi connectivity index (χ1v) is 4.89. The number of sulfonamides is 1. The maximum Gasteiger partial charge on any atom is 1.00 e. The van der Waals surface area contributed by atoms with E-state index >= 15 is 0 Å². The van der Waals surface area contributed by atoms with Crippen molar-refractivity contribution in [2.45, 2.75) is 4.90 Å². The van der Waals surface area contributed by atoms with Gasteiger partial charge >= 0.3 is 51.4 Å². The fourth-order valence-electron chi connectivity index (χ4n) is 0.811. The standard InChI is InChI=1S/C7H10N2O2S.K.H/c1-9-6-2-4-7(5-3-6)12(8,10)11;;/h2-5,9H,1H3,(H2,8,10,11);;/q;+1;-1. The summed E-state index contributed by atoms with van der Waals surface area (Å²) in [6.45, 7) is 0. The minimum absolute atomic E-state index is 0. The first kappa shape index (κ1) is 13.6. The summed E-state index contributed by atoms with van der Waals surface area (Å²) in [5, 5.41) is 7.77. The maximum absolute atomic E-state index is 10.8. The zero-order chi connectivity index (χ0) is 9.19. The smallest absolute Gasteiger partial charge is 1.00 e. The van der Waals surface area contributed by atoms with Crippen LogP contribution in [-0.4, -0.2) is 15.5 Å². The Hall–Kier alpha value is 0.566. The number of benzene rings is 1. The molecule has 0 aromatic heterocycles. The summed E-state index contributed by atoms with van der Waals surface area (Å²) in [6, 6.07) is 6.22. The van der Waals surface area contributed by atoms with Crippen molar-refractivity contribution in [3.05, 3.63) is 24.3 Å². The van der Waals surface area contributed by atoms with Gasteiger partial charge in [0.05, 0.1) is 4.90 Å².